The number of piperidine rings is 1. The van der Waals surface area contributed by atoms with Gasteiger partial charge in [0.1, 0.15) is 11.9 Å². The Morgan fingerprint density at radius 2 is 2.11 bits per heavy atom. The Morgan fingerprint density at radius 3 is 2.84 bits per heavy atom. The maximum absolute atomic E-state index is 5.68. The summed E-state index contributed by atoms with van der Waals surface area (Å²) >= 11 is 0. The van der Waals surface area contributed by atoms with E-state index >= 15 is 0 Å². The third-order valence-electron chi connectivity index (χ3n) is 4.71. The summed E-state index contributed by atoms with van der Waals surface area (Å²) in [7, 11) is 5.81. The van der Waals surface area contributed by atoms with Crippen molar-refractivity contribution in [2.24, 2.45) is 0 Å². The Hall–Kier alpha value is -1.06. The molecule has 0 saturated carbocycles. The maximum Gasteiger partial charge on any atom is 0.122 e. The fourth-order valence-corrected chi connectivity index (χ4v) is 3.80. The number of rotatable bonds is 2. The van der Waals surface area contributed by atoms with E-state index in [1.54, 1.807) is 19.8 Å². The number of fused-ring (bicyclic) bond motifs is 2. The van der Waals surface area contributed by atoms with Crippen LogP contribution in [-0.4, -0.2) is 44.9 Å². The lowest BCUT2D eigenvalue weighted by molar-refractivity contribution is 0.154. The van der Waals surface area contributed by atoms with Gasteiger partial charge in [0.25, 0.3) is 0 Å². The standard InChI is InChI=1S/C16H23NO2/c1-17-10-4-5-11-13(17)7-6-12-14(18-2)8-9-15(19-3)16(11)12/h8-9,13,15H,4-7,10H2,1-3H3. The van der Waals surface area contributed by atoms with Gasteiger partial charge >= 0.3 is 0 Å². The molecule has 3 rings (SSSR count). The first-order valence-corrected chi connectivity index (χ1v) is 7.18. The first-order valence-electron chi connectivity index (χ1n) is 7.18. The lowest BCUT2D eigenvalue weighted by Crippen LogP contribution is -2.42. The average Bonchev–Trinajstić information content (AvgIpc) is 2.46. The molecule has 1 fully saturated rings. The number of methoxy groups -OCH3 is 2. The van der Waals surface area contributed by atoms with Crippen LogP contribution in [0.4, 0.5) is 0 Å². The van der Waals surface area contributed by atoms with Crippen LogP contribution in [0.15, 0.2) is 34.6 Å². The molecule has 19 heavy (non-hydrogen) atoms. The predicted molar refractivity (Wildman–Crippen MR) is 75.9 cm³/mol. The molecule has 0 spiro atoms. The highest BCUT2D eigenvalue weighted by atomic mass is 16.5. The fraction of sp³-hybridized carbons (Fsp3) is 0.625. The SMILES string of the molecule is COC1=C2CCC3C(=C2C(OC)C=C1)CCCN3C. The van der Waals surface area contributed by atoms with E-state index in [-0.39, 0.29) is 6.10 Å². The van der Waals surface area contributed by atoms with Crippen molar-refractivity contribution in [3.63, 3.8) is 0 Å². The third-order valence-corrected chi connectivity index (χ3v) is 4.71. The van der Waals surface area contributed by atoms with Crippen molar-refractivity contribution in [3.8, 4) is 0 Å². The second-order valence-electron chi connectivity index (χ2n) is 5.64. The van der Waals surface area contributed by atoms with E-state index in [1.165, 1.54) is 37.0 Å². The van der Waals surface area contributed by atoms with Gasteiger partial charge in [-0.1, -0.05) is 0 Å². The smallest absolute Gasteiger partial charge is 0.122 e. The van der Waals surface area contributed by atoms with Gasteiger partial charge < -0.3 is 9.47 Å². The summed E-state index contributed by atoms with van der Waals surface area (Å²) in [6.45, 7) is 1.21. The summed E-state index contributed by atoms with van der Waals surface area (Å²) in [6, 6.07) is 0.606. The molecule has 1 saturated heterocycles. The van der Waals surface area contributed by atoms with Crippen molar-refractivity contribution in [1.29, 1.82) is 0 Å². The Bertz CT molecular complexity index is 461. The van der Waals surface area contributed by atoms with Crippen molar-refractivity contribution >= 4 is 0 Å². The summed E-state index contributed by atoms with van der Waals surface area (Å²) in [5.74, 6) is 1.03. The largest absolute Gasteiger partial charge is 0.496 e. The number of hydrogen-bond acceptors (Lipinski definition) is 3. The van der Waals surface area contributed by atoms with E-state index in [0.29, 0.717) is 6.04 Å². The third kappa shape index (κ3) is 2.05. The monoisotopic (exact) mass is 261 g/mol. The van der Waals surface area contributed by atoms with Crippen LogP contribution in [0.2, 0.25) is 0 Å². The molecule has 0 aromatic carbocycles. The molecule has 0 amide bonds. The minimum Gasteiger partial charge on any atom is -0.496 e. The van der Waals surface area contributed by atoms with Crippen molar-refractivity contribution in [3.05, 3.63) is 34.6 Å². The molecular weight excluding hydrogens is 238 g/mol. The Kier molecular flexibility index (Phi) is 3.50. The van der Waals surface area contributed by atoms with Crippen LogP contribution in [0.1, 0.15) is 25.7 Å². The maximum atomic E-state index is 5.68. The van der Waals surface area contributed by atoms with E-state index in [2.05, 4.69) is 24.1 Å². The van der Waals surface area contributed by atoms with Crippen LogP contribution >= 0.6 is 0 Å². The van der Waals surface area contributed by atoms with Crippen LogP contribution in [0.3, 0.4) is 0 Å². The lowest BCUT2D eigenvalue weighted by Gasteiger charge is -2.42. The van der Waals surface area contributed by atoms with Gasteiger partial charge in [-0.2, -0.15) is 0 Å². The zero-order valence-corrected chi connectivity index (χ0v) is 12.1. The minimum absolute atomic E-state index is 0.109. The predicted octanol–water partition coefficient (Wildman–Crippen LogP) is 2.66. The summed E-state index contributed by atoms with van der Waals surface area (Å²) in [4.78, 5) is 2.50. The van der Waals surface area contributed by atoms with Crippen LogP contribution in [0.25, 0.3) is 0 Å². The van der Waals surface area contributed by atoms with E-state index in [0.717, 1.165) is 12.2 Å². The Morgan fingerprint density at radius 1 is 1.26 bits per heavy atom. The molecule has 0 aromatic rings. The summed E-state index contributed by atoms with van der Waals surface area (Å²) < 4.78 is 11.2. The fourth-order valence-electron chi connectivity index (χ4n) is 3.80. The van der Waals surface area contributed by atoms with Crippen molar-refractivity contribution in [2.75, 3.05) is 27.8 Å². The quantitative estimate of drug-likeness (QED) is 0.763. The highest BCUT2D eigenvalue weighted by Crippen LogP contribution is 2.42. The van der Waals surface area contributed by atoms with Crippen LogP contribution in [0, 0.1) is 0 Å². The van der Waals surface area contributed by atoms with E-state index in [1.807, 2.05) is 0 Å². The van der Waals surface area contributed by atoms with Crippen LogP contribution in [0.5, 0.6) is 0 Å². The van der Waals surface area contributed by atoms with E-state index < -0.39 is 0 Å². The summed E-state index contributed by atoms with van der Waals surface area (Å²) in [5, 5.41) is 0. The molecule has 104 valence electrons. The molecule has 2 atom stereocenters. The van der Waals surface area contributed by atoms with Gasteiger partial charge in [0, 0.05) is 18.7 Å². The minimum atomic E-state index is 0.109. The Balaban J connectivity index is 2.10. The van der Waals surface area contributed by atoms with Crippen LogP contribution in [-0.2, 0) is 9.47 Å². The number of likely N-dealkylation sites (tertiary alicyclic amines) is 1. The van der Waals surface area contributed by atoms with Gasteiger partial charge in [0.2, 0.25) is 0 Å². The molecule has 0 radical (unpaired) electrons. The van der Waals surface area contributed by atoms with Gasteiger partial charge in [0.05, 0.1) is 7.11 Å². The van der Waals surface area contributed by atoms with Crippen molar-refractivity contribution < 1.29 is 9.47 Å². The number of ether oxygens (including phenoxy) is 2. The first kappa shape index (κ1) is 12.9. The van der Waals surface area contributed by atoms with Gasteiger partial charge in [-0.25, -0.2) is 0 Å². The zero-order chi connectivity index (χ0) is 13.4. The number of hydrogen-bond donors (Lipinski definition) is 0. The molecule has 0 N–H and O–H groups in total. The molecule has 0 aromatic heterocycles. The molecule has 2 unspecified atom stereocenters. The second-order valence-corrected chi connectivity index (χ2v) is 5.64. The molecule has 3 nitrogen and oxygen atoms in total. The lowest BCUT2D eigenvalue weighted by atomic mass is 9.75. The highest BCUT2D eigenvalue weighted by molar-refractivity contribution is 5.52. The van der Waals surface area contributed by atoms with Crippen molar-refractivity contribution in [2.45, 2.75) is 37.8 Å². The molecule has 1 aliphatic heterocycles. The molecule has 3 aliphatic rings. The zero-order valence-electron chi connectivity index (χ0n) is 12.1. The molecule has 2 aliphatic carbocycles. The first-order chi connectivity index (χ1) is 9.26. The number of allylic oxidation sites excluding steroid dienone is 1. The summed E-state index contributed by atoms with van der Waals surface area (Å²) in [6.07, 6.45) is 9.07. The second kappa shape index (κ2) is 5.14. The van der Waals surface area contributed by atoms with E-state index in [4.69, 9.17) is 9.47 Å². The van der Waals surface area contributed by atoms with Crippen molar-refractivity contribution in [1.82, 2.24) is 4.90 Å². The molecule has 0 bridgehead atoms. The number of nitrogens with zero attached hydrogens (tertiary/aromatic N) is 1. The topological polar surface area (TPSA) is 21.7 Å². The normalized spacial score (nSPS) is 31.3. The molecule has 1 heterocycles. The van der Waals surface area contributed by atoms with Gasteiger partial charge in [-0.15, -0.1) is 0 Å². The van der Waals surface area contributed by atoms with Gasteiger partial charge in [-0.3, -0.25) is 4.90 Å². The Labute approximate surface area is 115 Å². The molecule has 3 heteroatoms. The average molecular weight is 261 g/mol. The van der Waals surface area contributed by atoms with E-state index in [9.17, 15) is 0 Å². The summed E-state index contributed by atoms with van der Waals surface area (Å²) in [5.41, 5.74) is 4.36. The highest BCUT2D eigenvalue weighted by Gasteiger charge is 2.36. The van der Waals surface area contributed by atoms with Gasteiger partial charge in [-0.05, 0) is 62.6 Å². The van der Waals surface area contributed by atoms with Gasteiger partial charge in [0.15, 0.2) is 0 Å². The van der Waals surface area contributed by atoms with Crippen LogP contribution < -0.4 is 0 Å². The molecular formula is C16H23NO2. The number of likely N-dealkylation sites (N-methyl/N-ethyl adjacent to an activating group) is 1.